The van der Waals surface area contributed by atoms with E-state index in [1.807, 2.05) is 44.2 Å². The molecule has 134 valence electrons. The Bertz CT molecular complexity index is 505. The van der Waals surface area contributed by atoms with E-state index in [9.17, 15) is 9.59 Å². The van der Waals surface area contributed by atoms with Crippen molar-refractivity contribution in [1.29, 1.82) is 0 Å². The summed E-state index contributed by atoms with van der Waals surface area (Å²) in [5.41, 5.74) is 0.719. The van der Waals surface area contributed by atoms with Crippen LogP contribution in [0, 0.1) is 5.92 Å². The van der Waals surface area contributed by atoms with Crippen molar-refractivity contribution < 1.29 is 19.1 Å². The highest BCUT2D eigenvalue weighted by Gasteiger charge is 2.21. The second kappa shape index (κ2) is 10.6. The number of anilines is 1. The standard InChI is InChI=1S/C18H28N2O4/c1-14(2)24-12-8-11-20(13-15(3)17(21)23-4)18(22)19-16-9-6-5-7-10-16/h5-7,9-10,14-15H,8,11-13H2,1-4H3,(H,19,22). The van der Waals surface area contributed by atoms with Crippen LogP contribution in [0.25, 0.3) is 0 Å². The molecule has 1 unspecified atom stereocenters. The molecule has 1 atom stereocenters. The first kappa shape index (κ1) is 20.0. The Morgan fingerprint density at radius 3 is 2.42 bits per heavy atom. The number of amides is 2. The average Bonchev–Trinajstić information content (AvgIpc) is 2.57. The Labute approximate surface area is 144 Å². The topological polar surface area (TPSA) is 67.9 Å². The van der Waals surface area contributed by atoms with Gasteiger partial charge in [-0.2, -0.15) is 0 Å². The Morgan fingerprint density at radius 1 is 1.17 bits per heavy atom. The lowest BCUT2D eigenvalue weighted by atomic mass is 10.1. The summed E-state index contributed by atoms with van der Waals surface area (Å²) in [5.74, 6) is -0.714. The van der Waals surface area contributed by atoms with Gasteiger partial charge in [0.05, 0.1) is 19.1 Å². The van der Waals surface area contributed by atoms with Gasteiger partial charge in [-0.05, 0) is 32.4 Å². The number of methoxy groups -OCH3 is 1. The van der Waals surface area contributed by atoms with E-state index in [-0.39, 0.29) is 24.0 Å². The number of esters is 1. The summed E-state index contributed by atoms with van der Waals surface area (Å²) < 4.78 is 10.3. The van der Waals surface area contributed by atoms with Gasteiger partial charge < -0.3 is 19.7 Å². The predicted octanol–water partition coefficient (Wildman–Crippen LogP) is 3.14. The van der Waals surface area contributed by atoms with Crippen molar-refractivity contribution in [3.05, 3.63) is 30.3 Å². The van der Waals surface area contributed by atoms with Crippen molar-refractivity contribution in [2.45, 2.75) is 33.3 Å². The van der Waals surface area contributed by atoms with Gasteiger partial charge in [0.1, 0.15) is 0 Å². The van der Waals surface area contributed by atoms with Crippen molar-refractivity contribution in [2.24, 2.45) is 5.92 Å². The van der Waals surface area contributed by atoms with Gasteiger partial charge in [-0.15, -0.1) is 0 Å². The SMILES string of the molecule is COC(=O)C(C)CN(CCCOC(C)C)C(=O)Nc1ccccc1. The molecule has 1 aromatic rings. The fourth-order valence-electron chi connectivity index (χ4n) is 2.18. The highest BCUT2D eigenvalue weighted by atomic mass is 16.5. The summed E-state index contributed by atoms with van der Waals surface area (Å²) in [5, 5.41) is 2.85. The molecule has 6 heteroatoms. The Balaban J connectivity index is 2.64. The normalized spacial score (nSPS) is 11.9. The zero-order valence-corrected chi connectivity index (χ0v) is 15.0. The van der Waals surface area contributed by atoms with E-state index in [4.69, 9.17) is 9.47 Å². The van der Waals surface area contributed by atoms with E-state index in [1.54, 1.807) is 11.8 Å². The van der Waals surface area contributed by atoms with Crippen LogP contribution >= 0.6 is 0 Å². The zero-order valence-electron chi connectivity index (χ0n) is 15.0. The summed E-state index contributed by atoms with van der Waals surface area (Å²) in [6, 6.07) is 9.00. The molecule has 1 rings (SSSR count). The molecule has 6 nitrogen and oxygen atoms in total. The molecule has 0 saturated heterocycles. The minimum absolute atomic E-state index is 0.158. The first-order chi connectivity index (χ1) is 11.4. The molecule has 0 aliphatic rings. The maximum atomic E-state index is 12.5. The molecule has 0 aliphatic heterocycles. The summed E-state index contributed by atoms with van der Waals surface area (Å²) >= 11 is 0. The summed E-state index contributed by atoms with van der Waals surface area (Å²) in [6.45, 7) is 7.07. The average molecular weight is 336 g/mol. The molecule has 0 aromatic heterocycles. The van der Waals surface area contributed by atoms with Gasteiger partial charge in [-0.1, -0.05) is 25.1 Å². The Hall–Kier alpha value is -2.08. The molecule has 1 N–H and O–H groups in total. The predicted molar refractivity (Wildman–Crippen MR) is 93.9 cm³/mol. The molecule has 0 bridgehead atoms. The fourth-order valence-corrected chi connectivity index (χ4v) is 2.18. The quantitative estimate of drug-likeness (QED) is 0.556. The number of carbonyl (C=O) groups is 2. The lowest BCUT2D eigenvalue weighted by Crippen LogP contribution is -2.40. The maximum absolute atomic E-state index is 12.5. The number of benzene rings is 1. The molecular formula is C18H28N2O4. The smallest absolute Gasteiger partial charge is 0.321 e. The number of carbonyl (C=O) groups excluding carboxylic acids is 2. The van der Waals surface area contributed by atoms with Gasteiger partial charge in [-0.3, -0.25) is 4.79 Å². The van der Waals surface area contributed by atoms with Crippen molar-refractivity contribution in [2.75, 3.05) is 32.1 Å². The first-order valence-corrected chi connectivity index (χ1v) is 8.24. The summed E-state index contributed by atoms with van der Waals surface area (Å²) in [6.07, 6.45) is 0.861. The molecule has 0 fully saturated rings. The number of ether oxygens (including phenoxy) is 2. The van der Waals surface area contributed by atoms with Crippen molar-refractivity contribution in [1.82, 2.24) is 4.90 Å². The number of rotatable bonds is 9. The van der Waals surface area contributed by atoms with Crippen LogP contribution in [0.5, 0.6) is 0 Å². The van der Waals surface area contributed by atoms with Gasteiger partial charge in [0, 0.05) is 25.4 Å². The fraction of sp³-hybridized carbons (Fsp3) is 0.556. The van der Waals surface area contributed by atoms with Crippen molar-refractivity contribution in [3.63, 3.8) is 0 Å². The van der Waals surface area contributed by atoms with Crippen LogP contribution < -0.4 is 5.32 Å². The van der Waals surface area contributed by atoms with Crippen LogP contribution in [0.1, 0.15) is 27.2 Å². The van der Waals surface area contributed by atoms with Gasteiger partial charge in [0.25, 0.3) is 0 Å². The third-order valence-corrected chi connectivity index (χ3v) is 3.43. The van der Waals surface area contributed by atoms with E-state index < -0.39 is 0 Å². The molecule has 0 radical (unpaired) electrons. The van der Waals surface area contributed by atoms with E-state index in [0.717, 1.165) is 5.69 Å². The molecule has 24 heavy (non-hydrogen) atoms. The lowest BCUT2D eigenvalue weighted by Gasteiger charge is -2.25. The second-order valence-electron chi connectivity index (χ2n) is 5.94. The van der Waals surface area contributed by atoms with Crippen molar-refractivity contribution in [3.8, 4) is 0 Å². The Morgan fingerprint density at radius 2 is 1.83 bits per heavy atom. The van der Waals surface area contributed by atoms with Gasteiger partial charge >= 0.3 is 12.0 Å². The number of nitrogens with one attached hydrogen (secondary N) is 1. The van der Waals surface area contributed by atoms with Crippen LogP contribution in [-0.4, -0.2) is 49.8 Å². The van der Waals surface area contributed by atoms with Crippen LogP contribution in [0.4, 0.5) is 10.5 Å². The van der Waals surface area contributed by atoms with E-state index in [0.29, 0.717) is 26.1 Å². The maximum Gasteiger partial charge on any atom is 0.321 e. The summed E-state index contributed by atoms with van der Waals surface area (Å²) in [7, 11) is 1.35. The van der Waals surface area contributed by atoms with Crippen molar-refractivity contribution >= 4 is 17.7 Å². The highest BCUT2D eigenvalue weighted by Crippen LogP contribution is 2.10. The minimum atomic E-state index is -0.387. The monoisotopic (exact) mass is 336 g/mol. The molecule has 0 heterocycles. The number of nitrogens with zero attached hydrogens (tertiary/aromatic N) is 1. The van der Waals surface area contributed by atoms with Gasteiger partial charge in [-0.25, -0.2) is 4.79 Å². The molecule has 1 aromatic carbocycles. The van der Waals surface area contributed by atoms with E-state index in [1.165, 1.54) is 7.11 Å². The third kappa shape index (κ3) is 7.46. The highest BCUT2D eigenvalue weighted by molar-refractivity contribution is 5.89. The lowest BCUT2D eigenvalue weighted by molar-refractivity contribution is -0.145. The minimum Gasteiger partial charge on any atom is -0.469 e. The largest absolute Gasteiger partial charge is 0.469 e. The summed E-state index contributed by atoms with van der Waals surface area (Å²) in [4.78, 5) is 25.8. The second-order valence-corrected chi connectivity index (χ2v) is 5.94. The Kier molecular flexibility index (Phi) is 8.86. The van der Waals surface area contributed by atoms with Crippen LogP contribution in [0.2, 0.25) is 0 Å². The van der Waals surface area contributed by atoms with E-state index in [2.05, 4.69) is 5.32 Å². The van der Waals surface area contributed by atoms with Gasteiger partial charge in [0.2, 0.25) is 0 Å². The van der Waals surface area contributed by atoms with Gasteiger partial charge in [0.15, 0.2) is 0 Å². The third-order valence-electron chi connectivity index (χ3n) is 3.43. The molecule has 0 aliphatic carbocycles. The van der Waals surface area contributed by atoms with Crippen LogP contribution in [0.3, 0.4) is 0 Å². The number of para-hydroxylation sites is 1. The number of urea groups is 1. The molecule has 0 saturated carbocycles. The molecular weight excluding hydrogens is 308 g/mol. The number of hydrogen-bond donors (Lipinski definition) is 1. The first-order valence-electron chi connectivity index (χ1n) is 8.24. The van der Waals surface area contributed by atoms with Crippen LogP contribution in [0.15, 0.2) is 30.3 Å². The molecule has 0 spiro atoms. The molecule has 2 amide bonds. The zero-order chi connectivity index (χ0) is 17.9. The number of hydrogen-bond acceptors (Lipinski definition) is 4. The van der Waals surface area contributed by atoms with Crippen LogP contribution in [-0.2, 0) is 14.3 Å². The van der Waals surface area contributed by atoms with E-state index >= 15 is 0 Å².